The highest BCUT2D eigenvalue weighted by Crippen LogP contribution is 2.49. The molecule has 2 spiro atoms. The van der Waals surface area contributed by atoms with Gasteiger partial charge in [0.25, 0.3) is 5.91 Å². The number of halogens is 2. The van der Waals surface area contributed by atoms with Crippen LogP contribution in [0.4, 0.5) is 4.39 Å². The molecule has 1 aliphatic carbocycles. The number of pyridine rings is 1. The van der Waals surface area contributed by atoms with Gasteiger partial charge in [-0.2, -0.15) is 0 Å². The number of rotatable bonds is 4. The molecule has 7 heteroatoms. The molecule has 5 nitrogen and oxygen atoms in total. The minimum Gasteiger partial charge on any atom is -0.357 e. The van der Waals surface area contributed by atoms with Crippen molar-refractivity contribution in [3.05, 3.63) is 29.8 Å². The Labute approximate surface area is 160 Å². The molecule has 2 saturated heterocycles. The van der Waals surface area contributed by atoms with Crippen molar-refractivity contribution < 1.29 is 13.9 Å². The maximum Gasteiger partial charge on any atom is 0.254 e. The average molecular weight is 384 g/mol. The molecule has 0 atom stereocenters. The van der Waals surface area contributed by atoms with Gasteiger partial charge in [0.05, 0.1) is 11.3 Å². The van der Waals surface area contributed by atoms with Gasteiger partial charge in [-0.1, -0.05) is 0 Å². The van der Waals surface area contributed by atoms with Crippen LogP contribution in [0.5, 0.6) is 0 Å². The molecule has 26 heavy (non-hydrogen) atoms. The predicted octanol–water partition coefficient (Wildman–Crippen LogP) is 2.43. The number of ether oxygens (including phenoxy) is 1. The second kappa shape index (κ2) is 7.41. The van der Waals surface area contributed by atoms with Gasteiger partial charge in [0.15, 0.2) is 0 Å². The molecule has 0 bridgehead atoms. The molecule has 1 saturated carbocycles. The summed E-state index contributed by atoms with van der Waals surface area (Å²) in [4.78, 5) is 20.9. The van der Waals surface area contributed by atoms with Crippen LogP contribution in [0.2, 0.25) is 0 Å². The standard InChI is InChI=1S/C19H26FN3O2.ClH/c1-2-23-14-18(25-19(6-7-19)17(23)24)8-12-22(13-9-18)11-5-16-15(20)4-3-10-21-16;/h3-4,10H,2,5-9,11-14H2,1H3;1H. The fourth-order valence-electron chi connectivity index (χ4n) is 4.19. The van der Waals surface area contributed by atoms with E-state index in [2.05, 4.69) is 9.88 Å². The number of likely N-dealkylation sites (N-methyl/N-ethyl adjacent to an activating group) is 1. The van der Waals surface area contributed by atoms with Crippen LogP contribution in [0.25, 0.3) is 0 Å². The first-order chi connectivity index (χ1) is 12.1. The number of amides is 1. The smallest absolute Gasteiger partial charge is 0.254 e. The lowest BCUT2D eigenvalue weighted by molar-refractivity contribution is -0.200. The zero-order chi connectivity index (χ0) is 17.5. The maximum atomic E-state index is 13.7. The minimum atomic E-state index is -0.506. The summed E-state index contributed by atoms with van der Waals surface area (Å²) >= 11 is 0. The molecule has 0 aromatic carbocycles. The van der Waals surface area contributed by atoms with E-state index in [4.69, 9.17) is 4.74 Å². The summed E-state index contributed by atoms with van der Waals surface area (Å²) < 4.78 is 20.1. The van der Waals surface area contributed by atoms with Crippen molar-refractivity contribution in [2.45, 2.75) is 50.2 Å². The van der Waals surface area contributed by atoms with E-state index in [0.717, 1.165) is 51.9 Å². The van der Waals surface area contributed by atoms with E-state index >= 15 is 0 Å². The number of aromatic nitrogens is 1. The Hall–Kier alpha value is -1.24. The Balaban J connectivity index is 0.00000196. The van der Waals surface area contributed by atoms with Gasteiger partial charge in [0.1, 0.15) is 11.4 Å². The molecular formula is C19H27ClFN3O2. The zero-order valence-electron chi connectivity index (χ0n) is 15.2. The summed E-state index contributed by atoms with van der Waals surface area (Å²) in [5.74, 6) is -0.0342. The lowest BCUT2D eigenvalue weighted by atomic mass is 9.88. The lowest BCUT2D eigenvalue weighted by Crippen LogP contribution is -2.62. The highest BCUT2D eigenvalue weighted by Gasteiger charge is 2.61. The highest BCUT2D eigenvalue weighted by atomic mass is 35.5. The molecular weight excluding hydrogens is 357 g/mol. The number of piperidine rings is 1. The van der Waals surface area contributed by atoms with Crippen LogP contribution in [0, 0.1) is 5.82 Å². The van der Waals surface area contributed by atoms with Gasteiger partial charge in [-0.05, 0) is 44.7 Å². The van der Waals surface area contributed by atoms with Gasteiger partial charge in [0, 0.05) is 45.3 Å². The van der Waals surface area contributed by atoms with Crippen molar-refractivity contribution in [3.63, 3.8) is 0 Å². The Bertz CT molecular complexity index is 660. The third kappa shape index (κ3) is 3.59. The van der Waals surface area contributed by atoms with Gasteiger partial charge in [-0.25, -0.2) is 4.39 Å². The Morgan fingerprint density at radius 3 is 2.62 bits per heavy atom. The van der Waals surface area contributed by atoms with Crippen LogP contribution >= 0.6 is 12.4 Å². The van der Waals surface area contributed by atoms with Gasteiger partial charge in [-0.3, -0.25) is 9.78 Å². The molecule has 1 aromatic rings. The quantitative estimate of drug-likeness (QED) is 0.801. The van der Waals surface area contributed by atoms with Gasteiger partial charge >= 0.3 is 0 Å². The zero-order valence-corrected chi connectivity index (χ0v) is 16.1. The Morgan fingerprint density at radius 2 is 2.00 bits per heavy atom. The van der Waals surface area contributed by atoms with Crippen LogP contribution in [0.15, 0.2) is 18.3 Å². The fourth-order valence-corrected chi connectivity index (χ4v) is 4.19. The molecule has 3 aliphatic rings. The van der Waals surface area contributed by atoms with Crippen molar-refractivity contribution in [2.24, 2.45) is 0 Å². The number of nitrogens with zero attached hydrogens (tertiary/aromatic N) is 3. The highest BCUT2D eigenvalue weighted by molar-refractivity contribution is 5.89. The third-order valence-corrected chi connectivity index (χ3v) is 5.92. The van der Waals surface area contributed by atoms with Crippen LogP contribution in [0.3, 0.4) is 0 Å². The molecule has 0 unspecified atom stereocenters. The summed E-state index contributed by atoms with van der Waals surface area (Å²) in [6, 6.07) is 3.09. The summed E-state index contributed by atoms with van der Waals surface area (Å²) in [6.07, 6.45) is 5.88. The van der Waals surface area contributed by atoms with E-state index in [1.54, 1.807) is 12.3 Å². The van der Waals surface area contributed by atoms with E-state index in [1.807, 2.05) is 11.8 Å². The molecule has 1 aromatic heterocycles. The predicted molar refractivity (Wildman–Crippen MR) is 98.9 cm³/mol. The van der Waals surface area contributed by atoms with E-state index in [0.29, 0.717) is 18.7 Å². The van der Waals surface area contributed by atoms with Gasteiger partial charge < -0.3 is 14.5 Å². The Morgan fingerprint density at radius 1 is 1.27 bits per heavy atom. The van der Waals surface area contributed by atoms with Crippen molar-refractivity contribution >= 4 is 18.3 Å². The summed E-state index contributed by atoms with van der Waals surface area (Å²) in [5, 5.41) is 0. The maximum absolute atomic E-state index is 13.7. The van der Waals surface area contributed by atoms with Crippen LogP contribution in [-0.2, 0) is 16.0 Å². The van der Waals surface area contributed by atoms with Crippen LogP contribution in [0.1, 0.15) is 38.3 Å². The van der Waals surface area contributed by atoms with E-state index in [1.165, 1.54) is 6.07 Å². The largest absolute Gasteiger partial charge is 0.357 e. The third-order valence-electron chi connectivity index (χ3n) is 5.92. The van der Waals surface area contributed by atoms with E-state index < -0.39 is 5.60 Å². The van der Waals surface area contributed by atoms with Crippen molar-refractivity contribution in [3.8, 4) is 0 Å². The molecule has 2 aliphatic heterocycles. The summed E-state index contributed by atoms with van der Waals surface area (Å²) in [5.41, 5.74) is -0.155. The molecule has 0 radical (unpaired) electrons. The first kappa shape index (κ1) is 19.5. The van der Waals surface area contributed by atoms with Gasteiger partial charge in [-0.15, -0.1) is 12.4 Å². The minimum absolute atomic E-state index is 0. The SMILES string of the molecule is CCN1CC2(CCN(CCc3ncccc3F)CC2)OC2(CC2)C1=O.Cl. The second-order valence-corrected chi connectivity index (χ2v) is 7.62. The van der Waals surface area contributed by atoms with Crippen molar-refractivity contribution in [1.82, 2.24) is 14.8 Å². The molecule has 3 heterocycles. The summed E-state index contributed by atoms with van der Waals surface area (Å²) in [6.45, 7) is 6.18. The lowest BCUT2D eigenvalue weighted by Gasteiger charge is -2.50. The monoisotopic (exact) mass is 383 g/mol. The molecule has 144 valence electrons. The number of carbonyl (C=O) groups is 1. The molecule has 4 rings (SSSR count). The number of hydrogen-bond donors (Lipinski definition) is 0. The number of morpholine rings is 1. The van der Waals surface area contributed by atoms with Crippen molar-refractivity contribution in [2.75, 3.05) is 32.7 Å². The van der Waals surface area contributed by atoms with Crippen LogP contribution < -0.4 is 0 Å². The second-order valence-electron chi connectivity index (χ2n) is 7.62. The van der Waals surface area contributed by atoms with E-state index in [9.17, 15) is 9.18 Å². The van der Waals surface area contributed by atoms with Crippen molar-refractivity contribution in [1.29, 1.82) is 0 Å². The number of likely N-dealkylation sites (tertiary alicyclic amines) is 1. The van der Waals surface area contributed by atoms with Crippen LogP contribution in [-0.4, -0.2) is 64.6 Å². The first-order valence-corrected chi connectivity index (χ1v) is 9.37. The van der Waals surface area contributed by atoms with Gasteiger partial charge in [0.2, 0.25) is 0 Å². The topological polar surface area (TPSA) is 45.7 Å². The fraction of sp³-hybridized carbons (Fsp3) is 0.684. The molecule has 3 fully saturated rings. The molecule has 1 amide bonds. The van der Waals surface area contributed by atoms with E-state index in [-0.39, 0.29) is 29.7 Å². The average Bonchev–Trinajstić information content (AvgIpc) is 3.39. The Kier molecular flexibility index (Phi) is 5.56. The first-order valence-electron chi connectivity index (χ1n) is 9.37. The normalized spacial score (nSPS) is 23.9. The number of hydrogen-bond acceptors (Lipinski definition) is 4. The number of carbonyl (C=O) groups excluding carboxylic acids is 1. The summed E-state index contributed by atoms with van der Waals surface area (Å²) in [7, 11) is 0. The molecule has 0 N–H and O–H groups in total.